The molecule has 0 saturated carbocycles. The number of fused-ring (bicyclic) bond motifs is 1. The van der Waals surface area contributed by atoms with Gasteiger partial charge in [0.05, 0.1) is 0 Å². The summed E-state index contributed by atoms with van der Waals surface area (Å²) in [6.07, 6.45) is 3.61. The highest BCUT2D eigenvalue weighted by molar-refractivity contribution is 5.66. The lowest BCUT2D eigenvalue weighted by molar-refractivity contribution is -0.137. The summed E-state index contributed by atoms with van der Waals surface area (Å²) in [5.41, 5.74) is 2.02. The fraction of sp³-hybridized carbons (Fsp3) is 0.500. The number of carboxylic acid groups (broad SMARTS) is 1. The largest absolute Gasteiger partial charge is 0.481 e. The van der Waals surface area contributed by atoms with E-state index in [4.69, 9.17) is 5.11 Å². The molecule has 0 radical (unpaired) electrons. The quantitative estimate of drug-likeness (QED) is 0.919. The van der Waals surface area contributed by atoms with Crippen molar-refractivity contribution < 1.29 is 9.90 Å². The summed E-state index contributed by atoms with van der Waals surface area (Å²) in [6, 6.07) is 4.12. The minimum atomic E-state index is -0.710. The Morgan fingerprint density at radius 1 is 1.50 bits per heavy atom. The maximum Gasteiger partial charge on any atom is 0.303 e. The van der Waals surface area contributed by atoms with Crippen molar-refractivity contribution in [3.63, 3.8) is 0 Å². The second kappa shape index (κ2) is 5.11. The zero-order chi connectivity index (χ0) is 14.1. The second-order valence-electron chi connectivity index (χ2n) is 5.45. The monoisotopic (exact) mass is 274 g/mol. The van der Waals surface area contributed by atoms with Gasteiger partial charge in [-0.2, -0.15) is 9.61 Å². The fourth-order valence-corrected chi connectivity index (χ4v) is 2.86. The van der Waals surface area contributed by atoms with Crippen LogP contribution in [0.2, 0.25) is 0 Å². The molecule has 1 atom stereocenters. The molecule has 6 nitrogen and oxygen atoms in total. The van der Waals surface area contributed by atoms with Crippen molar-refractivity contribution in [2.24, 2.45) is 5.92 Å². The summed E-state index contributed by atoms with van der Waals surface area (Å²) in [7, 11) is 0. The molecule has 0 bridgehead atoms. The van der Waals surface area contributed by atoms with Gasteiger partial charge in [0.2, 0.25) is 0 Å². The van der Waals surface area contributed by atoms with Gasteiger partial charge in [-0.25, -0.2) is 4.98 Å². The van der Waals surface area contributed by atoms with E-state index < -0.39 is 5.97 Å². The number of anilines is 1. The lowest BCUT2D eigenvalue weighted by Gasteiger charge is -2.19. The molecule has 106 valence electrons. The van der Waals surface area contributed by atoms with E-state index in [9.17, 15) is 4.79 Å². The molecule has 1 aliphatic heterocycles. The van der Waals surface area contributed by atoms with E-state index in [1.807, 2.05) is 10.6 Å². The molecule has 3 heterocycles. The Morgan fingerprint density at radius 2 is 2.35 bits per heavy atom. The van der Waals surface area contributed by atoms with Gasteiger partial charge in [-0.05, 0) is 43.4 Å². The molecule has 1 N–H and O–H groups in total. The summed E-state index contributed by atoms with van der Waals surface area (Å²) < 4.78 is 1.85. The van der Waals surface area contributed by atoms with E-state index in [0.717, 1.165) is 43.0 Å². The number of aromatic nitrogens is 3. The van der Waals surface area contributed by atoms with E-state index in [2.05, 4.69) is 28.0 Å². The van der Waals surface area contributed by atoms with Crippen LogP contribution in [0, 0.1) is 12.8 Å². The maximum absolute atomic E-state index is 10.7. The standard InChI is InChI=1S/C14H18N4O2/c1-10-6-12-15-9-16-18(12)13(7-10)17-5-4-11(8-17)2-3-14(19)20/h6-7,9,11H,2-5,8H2,1H3,(H,19,20). The molecule has 0 spiro atoms. The minimum Gasteiger partial charge on any atom is -0.481 e. The van der Waals surface area contributed by atoms with Crippen LogP contribution in [0.5, 0.6) is 0 Å². The average Bonchev–Trinajstić information content (AvgIpc) is 3.03. The van der Waals surface area contributed by atoms with Crippen molar-refractivity contribution in [2.45, 2.75) is 26.2 Å². The third-order valence-corrected chi connectivity index (χ3v) is 3.88. The van der Waals surface area contributed by atoms with Gasteiger partial charge in [0, 0.05) is 19.5 Å². The first-order chi connectivity index (χ1) is 9.63. The zero-order valence-electron chi connectivity index (χ0n) is 11.5. The van der Waals surface area contributed by atoms with Crippen LogP contribution in [0.3, 0.4) is 0 Å². The van der Waals surface area contributed by atoms with Crippen molar-refractivity contribution in [3.05, 3.63) is 24.0 Å². The molecule has 2 aromatic heterocycles. The van der Waals surface area contributed by atoms with Crippen LogP contribution in [-0.2, 0) is 4.79 Å². The SMILES string of the molecule is Cc1cc(N2CCC(CCC(=O)O)C2)n2ncnc2c1. The van der Waals surface area contributed by atoms with Gasteiger partial charge in [-0.15, -0.1) is 0 Å². The van der Waals surface area contributed by atoms with Crippen LogP contribution in [0.15, 0.2) is 18.5 Å². The summed E-state index contributed by atoms with van der Waals surface area (Å²) in [6.45, 7) is 3.89. The van der Waals surface area contributed by atoms with Crippen LogP contribution in [0.25, 0.3) is 5.65 Å². The summed E-state index contributed by atoms with van der Waals surface area (Å²) in [4.78, 5) is 17.2. The lowest BCUT2D eigenvalue weighted by Crippen LogP contribution is -2.22. The Bertz CT molecular complexity index is 637. The Labute approximate surface area is 117 Å². The smallest absolute Gasteiger partial charge is 0.303 e. The van der Waals surface area contributed by atoms with Gasteiger partial charge in [0.1, 0.15) is 12.1 Å². The number of carbonyl (C=O) groups is 1. The number of pyridine rings is 1. The molecule has 2 aromatic rings. The van der Waals surface area contributed by atoms with Gasteiger partial charge in [0.25, 0.3) is 0 Å². The van der Waals surface area contributed by atoms with Crippen LogP contribution in [-0.4, -0.2) is 38.8 Å². The third-order valence-electron chi connectivity index (χ3n) is 3.88. The van der Waals surface area contributed by atoms with Crippen molar-refractivity contribution in [1.29, 1.82) is 0 Å². The molecule has 3 rings (SSSR count). The Kier molecular flexibility index (Phi) is 3.30. The summed E-state index contributed by atoms with van der Waals surface area (Å²) >= 11 is 0. The van der Waals surface area contributed by atoms with Crippen molar-refractivity contribution in [3.8, 4) is 0 Å². The Morgan fingerprint density at radius 3 is 3.15 bits per heavy atom. The molecule has 0 aliphatic carbocycles. The molecule has 0 aromatic carbocycles. The zero-order valence-corrected chi connectivity index (χ0v) is 11.5. The fourth-order valence-electron chi connectivity index (χ4n) is 2.86. The Hall–Kier alpha value is -2.11. The molecule has 1 saturated heterocycles. The molecule has 1 unspecified atom stereocenters. The van der Waals surface area contributed by atoms with Gasteiger partial charge in [-0.3, -0.25) is 4.79 Å². The van der Waals surface area contributed by atoms with E-state index in [1.165, 1.54) is 0 Å². The van der Waals surface area contributed by atoms with E-state index >= 15 is 0 Å². The normalized spacial score (nSPS) is 18.9. The predicted octanol–water partition coefficient (Wildman–Crippen LogP) is 1.73. The van der Waals surface area contributed by atoms with Gasteiger partial charge < -0.3 is 10.0 Å². The number of hydrogen-bond donors (Lipinski definition) is 1. The van der Waals surface area contributed by atoms with Crippen LogP contribution in [0.1, 0.15) is 24.8 Å². The van der Waals surface area contributed by atoms with Crippen molar-refractivity contribution >= 4 is 17.4 Å². The first-order valence-electron chi connectivity index (χ1n) is 6.90. The van der Waals surface area contributed by atoms with Crippen LogP contribution in [0.4, 0.5) is 5.82 Å². The molecule has 1 fully saturated rings. The van der Waals surface area contributed by atoms with Gasteiger partial charge in [-0.1, -0.05) is 0 Å². The summed E-state index contributed by atoms with van der Waals surface area (Å²) in [5, 5.41) is 13.0. The molecule has 20 heavy (non-hydrogen) atoms. The summed E-state index contributed by atoms with van der Waals surface area (Å²) in [5.74, 6) is 0.790. The highest BCUT2D eigenvalue weighted by Crippen LogP contribution is 2.27. The van der Waals surface area contributed by atoms with Crippen LogP contribution < -0.4 is 4.90 Å². The average molecular weight is 274 g/mol. The molecule has 6 heteroatoms. The highest BCUT2D eigenvalue weighted by Gasteiger charge is 2.25. The Balaban J connectivity index is 1.79. The minimum absolute atomic E-state index is 0.255. The highest BCUT2D eigenvalue weighted by atomic mass is 16.4. The lowest BCUT2D eigenvalue weighted by atomic mass is 10.0. The van der Waals surface area contributed by atoms with Crippen LogP contribution >= 0.6 is 0 Å². The predicted molar refractivity (Wildman–Crippen MR) is 74.9 cm³/mol. The number of rotatable bonds is 4. The maximum atomic E-state index is 10.7. The molecule has 0 amide bonds. The van der Waals surface area contributed by atoms with E-state index in [1.54, 1.807) is 6.33 Å². The molecular formula is C14H18N4O2. The number of aryl methyl sites for hydroxylation is 1. The number of nitrogens with zero attached hydrogens (tertiary/aromatic N) is 4. The number of aliphatic carboxylic acids is 1. The third kappa shape index (κ3) is 2.45. The first-order valence-corrected chi connectivity index (χ1v) is 6.90. The molecule has 1 aliphatic rings. The van der Waals surface area contributed by atoms with Crippen molar-refractivity contribution in [1.82, 2.24) is 14.6 Å². The molecular weight excluding hydrogens is 256 g/mol. The van der Waals surface area contributed by atoms with E-state index in [0.29, 0.717) is 5.92 Å². The number of carboxylic acids is 1. The topological polar surface area (TPSA) is 70.7 Å². The van der Waals surface area contributed by atoms with E-state index in [-0.39, 0.29) is 6.42 Å². The second-order valence-corrected chi connectivity index (χ2v) is 5.45. The first kappa shape index (κ1) is 12.9. The van der Waals surface area contributed by atoms with Crippen molar-refractivity contribution in [2.75, 3.05) is 18.0 Å². The van der Waals surface area contributed by atoms with Gasteiger partial charge in [0.15, 0.2) is 5.65 Å². The van der Waals surface area contributed by atoms with Gasteiger partial charge >= 0.3 is 5.97 Å². The number of hydrogen-bond acceptors (Lipinski definition) is 4.